The molecular formula is C19H22N3O2S+. The summed E-state index contributed by atoms with van der Waals surface area (Å²) in [6.45, 7) is 1.31. The summed E-state index contributed by atoms with van der Waals surface area (Å²) >= 11 is 1.83. The van der Waals surface area contributed by atoms with Crippen LogP contribution in [0.3, 0.4) is 0 Å². The van der Waals surface area contributed by atoms with E-state index in [1.54, 1.807) is 12.1 Å². The van der Waals surface area contributed by atoms with Crippen LogP contribution in [0.2, 0.25) is 0 Å². The van der Waals surface area contributed by atoms with E-state index >= 15 is 0 Å². The van der Waals surface area contributed by atoms with Gasteiger partial charge in [0.1, 0.15) is 6.04 Å². The molecule has 1 aromatic heterocycles. The van der Waals surface area contributed by atoms with Crippen molar-refractivity contribution in [3.8, 4) is 0 Å². The van der Waals surface area contributed by atoms with E-state index in [0.29, 0.717) is 24.2 Å². The first-order valence-corrected chi connectivity index (χ1v) is 9.65. The van der Waals surface area contributed by atoms with Crippen molar-refractivity contribution in [2.45, 2.75) is 25.3 Å². The maximum Gasteiger partial charge on any atom is 0.326 e. The van der Waals surface area contributed by atoms with E-state index in [0.717, 1.165) is 13.0 Å². The molecule has 5 nitrogen and oxygen atoms in total. The Labute approximate surface area is 151 Å². The Morgan fingerprint density at radius 1 is 1.16 bits per heavy atom. The molecule has 1 unspecified atom stereocenters. The van der Waals surface area contributed by atoms with E-state index in [9.17, 15) is 9.59 Å². The first-order valence-electron chi connectivity index (χ1n) is 8.77. The molecule has 1 aromatic carbocycles. The fraction of sp³-hybridized carbons (Fsp3) is 0.368. The number of hydrogen-bond acceptors (Lipinski definition) is 3. The summed E-state index contributed by atoms with van der Waals surface area (Å²) in [5, 5.41) is 7.32. The van der Waals surface area contributed by atoms with Crippen molar-refractivity contribution in [2.75, 3.05) is 18.4 Å². The molecule has 3 amide bonds. The molecular weight excluding hydrogens is 334 g/mol. The summed E-state index contributed by atoms with van der Waals surface area (Å²) in [5.74, 6) is 0.474. The number of fused-ring (bicyclic) bond motifs is 1. The number of carbonyl (C=O) groups excluding carboxylic acids is 2. The lowest BCUT2D eigenvalue weighted by Crippen LogP contribution is -3.14. The maximum absolute atomic E-state index is 12.4. The molecule has 3 N–H and O–H groups in total. The molecule has 2 atom stereocenters. The number of carbonyl (C=O) groups is 2. The summed E-state index contributed by atoms with van der Waals surface area (Å²) in [6, 6.07) is 11.3. The summed E-state index contributed by atoms with van der Waals surface area (Å²) in [6.07, 6.45) is 3.52. The number of imide groups is 1. The average Bonchev–Trinajstić information content (AvgIpc) is 3.31. The van der Waals surface area contributed by atoms with Crippen LogP contribution in [0.25, 0.3) is 0 Å². The largest absolute Gasteiger partial charge is 0.326 e. The maximum atomic E-state index is 12.4. The minimum Gasteiger partial charge on any atom is -0.320 e. The van der Waals surface area contributed by atoms with Crippen molar-refractivity contribution >= 4 is 29.0 Å². The second-order valence-corrected chi connectivity index (χ2v) is 7.82. The number of quaternary nitrogens is 1. The second kappa shape index (κ2) is 6.98. The van der Waals surface area contributed by atoms with Gasteiger partial charge in [0.05, 0.1) is 6.54 Å². The lowest BCUT2D eigenvalue weighted by Gasteiger charge is -2.32. The van der Waals surface area contributed by atoms with Crippen LogP contribution in [0.4, 0.5) is 10.5 Å². The lowest BCUT2D eigenvalue weighted by atomic mass is 9.96. The predicted molar refractivity (Wildman–Crippen MR) is 97.8 cm³/mol. The molecule has 4 rings (SSSR count). The third-order valence-electron chi connectivity index (χ3n) is 4.99. The highest BCUT2D eigenvalue weighted by Gasteiger charge is 2.43. The molecule has 0 saturated heterocycles. The molecule has 0 bridgehead atoms. The number of rotatable bonds is 4. The molecule has 1 saturated carbocycles. The quantitative estimate of drug-likeness (QED) is 0.785. The average molecular weight is 356 g/mol. The fourth-order valence-electron chi connectivity index (χ4n) is 3.76. The van der Waals surface area contributed by atoms with Crippen molar-refractivity contribution in [3.05, 3.63) is 52.2 Å². The number of urea groups is 1. The van der Waals surface area contributed by atoms with Gasteiger partial charge in [-0.1, -0.05) is 18.2 Å². The first kappa shape index (κ1) is 16.3. The zero-order valence-corrected chi connectivity index (χ0v) is 14.8. The van der Waals surface area contributed by atoms with Gasteiger partial charge >= 0.3 is 6.03 Å². The van der Waals surface area contributed by atoms with E-state index in [4.69, 9.17) is 0 Å². The van der Waals surface area contributed by atoms with Gasteiger partial charge in [-0.05, 0) is 36.4 Å². The van der Waals surface area contributed by atoms with Gasteiger partial charge in [-0.25, -0.2) is 4.79 Å². The van der Waals surface area contributed by atoms with Crippen LogP contribution in [-0.2, 0) is 11.2 Å². The highest BCUT2D eigenvalue weighted by atomic mass is 32.1. The topological polar surface area (TPSA) is 62.6 Å². The predicted octanol–water partition coefficient (Wildman–Crippen LogP) is 1.99. The highest BCUT2D eigenvalue weighted by Crippen LogP contribution is 2.42. The monoisotopic (exact) mass is 356 g/mol. The molecule has 2 heterocycles. The van der Waals surface area contributed by atoms with Gasteiger partial charge < -0.3 is 10.2 Å². The Bertz CT molecular complexity index is 770. The second-order valence-electron chi connectivity index (χ2n) is 6.82. The number of benzene rings is 1. The van der Waals surface area contributed by atoms with E-state index in [2.05, 4.69) is 22.1 Å². The van der Waals surface area contributed by atoms with Crippen molar-refractivity contribution in [1.29, 1.82) is 0 Å². The van der Waals surface area contributed by atoms with Crippen molar-refractivity contribution in [1.82, 2.24) is 5.32 Å². The molecule has 2 aliphatic rings. The van der Waals surface area contributed by atoms with Gasteiger partial charge in [0.2, 0.25) is 0 Å². The smallest absolute Gasteiger partial charge is 0.320 e. The first-order chi connectivity index (χ1) is 12.2. The Balaban J connectivity index is 1.36. The molecule has 0 spiro atoms. The minimum absolute atomic E-state index is 0.215. The number of para-hydroxylation sites is 1. The molecule has 2 aromatic rings. The van der Waals surface area contributed by atoms with Crippen molar-refractivity contribution in [3.63, 3.8) is 0 Å². The van der Waals surface area contributed by atoms with Crippen molar-refractivity contribution < 1.29 is 14.5 Å². The summed E-state index contributed by atoms with van der Waals surface area (Å²) < 4.78 is 0. The summed E-state index contributed by atoms with van der Waals surface area (Å²) in [5.41, 5.74) is 2.10. The molecule has 130 valence electrons. The van der Waals surface area contributed by atoms with Crippen LogP contribution in [0, 0.1) is 5.92 Å². The molecule has 25 heavy (non-hydrogen) atoms. The fourth-order valence-corrected chi connectivity index (χ4v) is 4.69. The van der Waals surface area contributed by atoms with Gasteiger partial charge in [-0.3, -0.25) is 10.1 Å². The molecule has 6 heteroatoms. The zero-order chi connectivity index (χ0) is 17.2. The molecule has 0 radical (unpaired) electrons. The molecule has 1 aliphatic carbocycles. The van der Waals surface area contributed by atoms with Crippen LogP contribution < -0.4 is 15.5 Å². The third-order valence-corrected chi connectivity index (χ3v) is 5.99. The van der Waals surface area contributed by atoms with Crippen LogP contribution >= 0.6 is 11.3 Å². The normalized spacial score (nSPS) is 22.1. The Hall–Kier alpha value is -2.18. The standard InChI is InChI=1S/C19H21N3O2S/c23-17(21-19(24)20-14-4-2-1-3-5-14)12-22-10-8-16-15(9-11-25-16)18(22)13-6-7-13/h1-5,9,11,13,18H,6-8,10,12H2,(H2,20,21,23,24)/p+1/t18-/m0/s1. The van der Waals surface area contributed by atoms with Crippen LogP contribution in [0.5, 0.6) is 0 Å². The van der Waals surface area contributed by atoms with Gasteiger partial charge in [0.15, 0.2) is 6.54 Å². The number of nitrogens with one attached hydrogen (secondary N) is 3. The lowest BCUT2D eigenvalue weighted by molar-refractivity contribution is -0.928. The zero-order valence-electron chi connectivity index (χ0n) is 14.0. The van der Waals surface area contributed by atoms with Crippen LogP contribution in [0.15, 0.2) is 41.8 Å². The molecule has 1 fully saturated rings. The van der Waals surface area contributed by atoms with Gasteiger partial charge in [0.25, 0.3) is 5.91 Å². The number of amides is 3. The highest BCUT2D eigenvalue weighted by molar-refractivity contribution is 7.10. The van der Waals surface area contributed by atoms with E-state index in [1.165, 1.54) is 28.2 Å². The molecule has 1 aliphatic heterocycles. The van der Waals surface area contributed by atoms with E-state index in [-0.39, 0.29) is 5.91 Å². The third kappa shape index (κ3) is 3.75. The van der Waals surface area contributed by atoms with Gasteiger partial charge in [0, 0.05) is 28.5 Å². The minimum atomic E-state index is -0.466. The van der Waals surface area contributed by atoms with Gasteiger partial charge in [-0.15, -0.1) is 11.3 Å². The summed E-state index contributed by atoms with van der Waals surface area (Å²) in [4.78, 5) is 27.1. The Kier molecular flexibility index (Phi) is 4.55. The number of anilines is 1. The van der Waals surface area contributed by atoms with Crippen LogP contribution in [-0.4, -0.2) is 25.0 Å². The van der Waals surface area contributed by atoms with E-state index < -0.39 is 6.03 Å². The number of thiophene rings is 1. The van der Waals surface area contributed by atoms with Crippen molar-refractivity contribution in [2.24, 2.45) is 5.92 Å². The SMILES string of the molecule is O=C(C[NH+]1CCc2sccc2[C@@H]1C1CC1)NC(=O)Nc1ccccc1. The number of hydrogen-bond donors (Lipinski definition) is 3. The Morgan fingerprint density at radius 3 is 2.72 bits per heavy atom. The summed E-state index contributed by atoms with van der Waals surface area (Å²) in [7, 11) is 0. The van der Waals surface area contributed by atoms with E-state index in [1.807, 2.05) is 29.5 Å². The van der Waals surface area contributed by atoms with Crippen LogP contribution in [0.1, 0.15) is 29.3 Å². The Morgan fingerprint density at radius 2 is 1.96 bits per heavy atom. The van der Waals surface area contributed by atoms with Gasteiger partial charge in [-0.2, -0.15) is 0 Å².